The van der Waals surface area contributed by atoms with Crippen LogP contribution in [0.3, 0.4) is 0 Å². The van der Waals surface area contributed by atoms with Crippen molar-refractivity contribution in [1.29, 1.82) is 0 Å². The average Bonchev–Trinajstić information content (AvgIpc) is 3.26. The van der Waals surface area contributed by atoms with Crippen molar-refractivity contribution in [2.45, 2.75) is 50.6 Å². The number of carbonyl (C=O) groups is 3. The van der Waals surface area contributed by atoms with Gasteiger partial charge in [-0.3, -0.25) is 9.59 Å². The van der Waals surface area contributed by atoms with Crippen LogP contribution < -0.4 is 10.6 Å². The second-order valence-electron chi connectivity index (χ2n) is 9.40. The first kappa shape index (κ1) is 24.3. The number of nitrogens with zero attached hydrogens (tertiary/aromatic N) is 1. The summed E-state index contributed by atoms with van der Waals surface area (Å²) < 4.78 is 0. The number of carboxylic acid groups (broad SMARTS) is 1. The number of hydrogen-bond acceptors (Lipinski definition) is 3. The van der Waals surface area contributed by atoms with Gasteiger partial charge >= 0.3 is 6.09 Å². The zero-order valence-corrected chi connectivity index (χ0v) is 19.9. The van der Waals surface area contributed by atoms with Gasteiger partial charge < -0.3 is 25.6 Å². The van der Waals surface area contributed by atoms with Crippen molar-refractivity contribution in [2.75, 3.05) is 13.1 Å². The SMILES string of the molecule is CC(Cc1c[nH]c2ccccc12)(NC(=O)O)C(=O)NC(Cc1ccccc1)C(=O)N1CCCCC1. The Labute approximate surface area is 204 Å². The maximum atomic E-state index is 13.6. The summed E-state index contributed by atoms with van der Waals surface area (Å²) >= 11 is 0. The van der Waals surface area contributed by atoms with Crippen LogP contribution in [-0.4, -0.2) is 57.6 Å². The molecule has 0 saturated carbocycles. The predicted octanol–water partition coefficient (Wildman–Crippen LogP) is 3.48. The van der Waals surface area contributed by atoms with Gasteiger partial charge in [-0.15, -0.1) is 0 Å². The van der Waals surface area contributed by atoms with E-state index in [-0.39, 0.29) is 12.3 Å². The number of rotatable bonds is 8. The molecule has 0 radical (unpaired) electrons. The molecule has 2 atom stereocenters. The summed E-state index contributed by atoms with van der Waals surface area (Å²) in [7, 11) is 0. The van der Waals surface area contributed by atoms with E-state index >= 15 is 0 Å². The molecule has 0 aliphatic carbocycles. The number of para-hydroxylation sites is 1. The van der Waals surface area contributed by atoms with Crippen molar-refractivity contribution in [3.05, 3.63) is 71.9 Å². The number of H-pyrrole nitrogens is 1. The molecule has 2 heterocycles. The molecule has 8 nitrogen and oxygen atoms in total. The van der Waals surface area contributed by atoms with Crippen LogP contribution in [0.15, 0.2) is 60.8 Å². The number of piperidine rings is 1. The van der Waals surface area contributed by atoms with E-state index in [0.29, 0.717) is 19.5 Å². The van der Waals surface area contributed by atoms with Crippen molar-refractivity contribution in [3.8, 4) is 0 Å². The predicted molar refractivity (Wildman–Crippen MR) is 134 cm³/mol. The molecule has 1 aromatic heterocycles. The topological polar surface area (TPSA) is 115 Å². The lowest BCUT2D eigenvalue weighted by molar-refractivity contribution is -0.138. The molecular formula is C27H32N4O4. The van der Waals surface area contributed by atoms with Gasteiger partial charge in [-0.2, -0.15) is 0 Å². The molecule has 2 aromatic carbocycles. The summed E-state index contributed by atoms with van der Waals surface area (Å²) in [5.74, 6) is -0.664. The van der Waals surface area contributed by atoms with Crippen molar-refractivity contribution < 1.29 is 19.5 Å². The van der Waals surface area contributed by atoms with Gasteiger partial charge in [0.25, 0.3) is 0 Å². The second kappa shape index (κ2) is 10.6. The first-order valence-electron chi connectivity index (χ1n) is 12.1. The lowest BCUT2D eigenvalue weighted by Crippen LogP contribution is -2.62. The number of amides is 3. The number of fused-ring (bicyclic) bond motifs is 1. The smallest absolute Gasteiger partial charge is 0.405 e. The summed E-state index contributed by atoms with van der Waals surface area (Å²) in [5, 5.41) is 15.8. The second-order valence-corrected chi connectivity index (χ2v) is 9.40. The van der Waals surface area contributed by atoms with E-state index in [2.05, 4.69) is 15.6 Å². The van der Waals surface area contributed by atoms with Crippen LogP contribution in [-0.2, 0) is 22.4 Å². The Bertz CT molecular complexity index is 1190. The molecular weight excluding hydrogens is 444 g/mol. The number of hydrogen-bond donors (Lipinski definition) is 4. The molecule has 1 fully saturated rings. The van der Waals surface area contributed by atoms with Crippen molar-refractivity contribution in [1.82, 2.24) is 20.5 Å². The van der Waals surface area contributed by atoms with Crippen molar-refractivity contribution in [3.63, 3.8) is 0 Å². The highest BCUT2D eigenvalue weighted by Crippen LogP contribution is 2.23. The summed E-state index contributed by atoms with van der Waals surface area (Å²) in [6.45, 7) is 2.89. The van der Waals surface area contributed by atoms with Crippen LogP contribution in [0.25, 0.3) is 10.9 Å². The lowest BCUT2D eigenvalue weighted by Gasteiger charge is -2.34. The number of benzene rings is 2. The van der Waals surface area contributed by atoms with Crippen molar-refractivity contribution in [2.24, 2.45) is 0 Å². The van der Waals surface area contributed by atoms with Gasteiger partial charge in [-0.05, 0) is 43.4 Å². The zero-order valence-electron chi connectivity index (χ0n) is 19.9. The Morgan fingerprint density at radius 2 is 1.71 bits per heavy atom. The summed E-state index contributed by atoms with van der Waals surface area (Å²) in [6, 6.07) is 16.4. The molecule has 184 valence electrons. The number of likely N-dealkylation sites (tertiary alicyclic amines) is 1. The number of aromatic amines is 1. The Morgan fingerprint density at radius 3 is 2.43 bits per heavy atom. The Balaban J connectivity index is 1.60. The van der Waals surface area contributed by atoms with E-state index in [1.54, 1.807) is 18.0 Å². The van der Waals surface area contributed by atoms with E-state index in [9.17, 15) is 19.5 Å². The molecule has 1 aliphatic rings. The molecule has 2 unspecified atom stereocenters. The fraction of sp³-hybridized carbons (Fsp3) is 0.370. The van der Waals surface area contributed by atoms with Crippen LogP contribution in [0.4, 0.5) is 4.79 Å². The summed E-state index contributed by atoms with van der Waals surface area (Å²) in [6.07, 6.45) is 3.92. The van der Waals surface area contributed by atoms with Gasteiger partial charge in [0.1, 0.15) is 11.6 Å². The molecule has 1 saturated heterocycles. The molecule has 8 heteroatoms. The zero-order chi connectivity index (χ0) is 24.8. The quantitative estimate of drug-likeness (QED) is 0.398. The number of nitrogens with one attached hydrogen (secondary N) is 3. The molecule has 35 heavy (non-hydrogen) atoms. The van der Waals surface area contributed by atoms with E-state index in [1.165, 1.54) is 0 Å². The van der Waals surface area contributed by atoms with Crippen LogP contribution in [0.5, 0.6) is 0 Å². The maximum Gasteiger partial charge on any atom is 0.405 e. The van der Waals surface area contributed by atoms with Crippen LogP contribution in [0, 0.1) is 0 Å². The van der Waals surface area contributed by atoms with Gasteiger partial charge in [-0.1, -0.05) is 48.5 Å². The van der Waals surface area contributed by atoms with Gasteiger partial charge in [-0.25, -0.2) is 4.79 Å². The summed E-state index contributed by atoms with van der Waals surface area (Å²) in [5.41, 5.74) is 1.16. The summed E-state index contributed by atoms with van der Waals surface area (Å²) in [4.78, 5) is 43.8. The van der Waals surface area contributed by atoms with Crippen LogP contribution >= 0.6 is 0 Å². The molecule has 0 bridgehead atoms. The van der Waals surface area contributed by atoms with Crippen LogP contribution in [0.2, 0.25) is 0 Å². The number of carbonyl (C=O) groups excluding carboxylic acids is 2. The fourth-order valence-corrected chi connectivity index (χ4v) is 4.78. The van der Waals surface area contributed by atoms with Gasteiger partial charge in [0, 0.05) is 43.0 Å². The Kier molecular flexibility index (Phi) is 7.39. The molecule has 4 rings (SSSR count). The lowest BCUT2D eigenvalue weighted by atomic mass is 9.90. The Morgan fingerprint density at radius 1 is 1.03 bits per heavy atom. The first-order valence-corrected chi connectivity index (χ1v) is 12.1. The number of aromatic nitrogens is 1. The fourth-order valence-electron chi connectivity index (χ4n) is 4.78. The minimum absolute atomic E-state index is 0.130. The van der Waals surface area contributed by atoms with Crippen LogP contribution in [0.1, 0.15) is 37.3 Å². The maximum absolute atomic E-state index is 13.6. The normalized spacial score (nSPS) is 16.3. The van der Waals surface area contributed by atoms with Crippen molar-refractivity contribution >= 4 is 28.8 Å². The van der Waals surface area contributed by atoms with Gasteiger partial charge in [0.15, 0.2) is 0 Å². The minimum atomic E-state index is -1.48. The third-order valence-electron chi connectivity index (χ3n) is 6.66. The van der Waals surface area contributed by atoms with E-state index < -0.39 is 23.6 Å². The largest absolute Gasteiger partial charge is 0.465 e. The average molecular weight is 477 g/mol. The van der Waals surface area contributed by atoms with Gasteiger partial charge in [0.2, 0.25) is 11.8 Å². The van der Waals surface area contributed by atoms with Gasteiger partial charge in [0.05, 0.1) is 0 Å². The van der Waals surface area contributed by atoms with E-state index in [1.807, 2.05) is 54.6 Å². The molecule has 3 aromatic rings. The van der Waals surface area contributed by atoms with E-state index in [0.717, 1.165) is 41.3 Å². The molecule has 4 N–H and O–H groups in total. The highest BCUT2D eigenvalue weighted by Gasteiger charge is 2.39. The standard InChI is InChI=1S/C27H32N4O4/c1-27(30-26(34)35,17-20-18-28-22-13-7-6-12-21(20)22)25(33)29-23(16-19-10-4-2-5-11-19)24(32)31-14-8-3-9-15-31/h2,4-7,10-13,18,23,28,30H,3,8-9,14-17H2,1H3,(H,29,33)(H,34,35). The molecule has 0 spiro atoms. The van der Waals surface area contributed by atoms with E-state index in [4.69, 9.17) is 0 Å². The molecule has 3 amide bonds. The Hall–Kier alpha value is -3.81. The minimum Gasteiger partial charge on any atom is -0.465 e. The first-order chi connectivity index (χ1) is 16.9. The third kappa shape index (κ3) is 5.82. The monoisotopic (exact) mass is 476 g/mol. The highest BCUT2D eigenvalue weighted by molar-refractivity contribution is 5.95. The third-order valence-corrected chi connectivity index (χ3v) is 6.66. The molecule has 1 aliphatic heterocycles. The highest BCUT2D eigenvalue weighted by atomic mass is 16.4.